The number of ether oxygens (including phenoxy) is 2. The van der Waals surface area contributed by atoms with Gasteiger partial charge in [-0.3, -0.25) is 4.79 Å². The highest BCUT2D eigenvalue weighted by atomic mass is 32.1. The molecule has 1 amide bonds. The molecule has 2 aromatic rings. The lowest BCUT2D eigenvalue weighted by molar-refractivity contribution is -0.140. The van der Waals surface area contributed by atoms with Crippen molar-refractivity contribution in [2.24, 2.45) is 5.92 Å². The van der Waals surface area contributed by atoms with Crippen LogP contribution in [0.3, 0.4) is 0 Å². The molecule has 1 aliphatic rings. The Morgan fingerprint density at radius 2 is 2.04 bits per heavy atom. The Labute approximate surface area is 142 Å². The van der Waals surface area contributed by atoms with Crippen LogP contribution in [0.15, 0.2) is 23.6 Å². The average Bonchev–Trinajstić information content (AvgIpc) is 3.19. The molecule has 0 radical (unpaired) electrons. The van der Waals surface area contributed by atoms with Crippen molar-refractivity contribution in [1.82, 2.24) is 10.3 Å². The van der Waals surface area contributed by atoms with Gasteiger partial charge in [0.05, 0.1) is 0 Å². The number of aliphatic carboxylic acids is 1. The third kappa shape index (κ3) is 3.18. The second-order valence-electron chi connectivity index (χ2n) is 5.64. The van der Waals surface area contributed by atoms with Gasteiger partial charge in [-0.05, 0) is 24.1 Å². The Balaban J connectivity index is 1.78. The summed E-state index contributed by atoms with van der Waals surface area (Å²) in [5, 5.41) is 13.9. The summed E-state index contributed by atoms with van der Waals surface area (Å²) in [6.07, 6.45) is 0. The number of benzene rings is 1. The molecule has 2 heterocycles. The highest BCUT2D eigenvalue weighted by Gasteiger charge is 2.25. The van der Waals surface area contributed by atoms with Gasteiger partial charge < -0.3 is 19.9 Å². The number of thiazole rings is 1. The molecule has 0 fully saturated rings. The van der Waals surface area contributed by atoms with Gasteiger partial charge in [0.1, 0.15) is 16.7 Å². The Morgan fingerprint density at radius 3 is 2.75 bits per heavy atom. The van der Waals surface area contributed by atoms with E-state index in [0.29, 0.717) is 16.5 Å². The normalized spacial score (nSPS) is 13.8. The first-order valence-corrected chi connectivity index (χ1v) is 8.23. The Kier molecular flexibility index (Phi) is 4.39. The van der Waals surface area contributed by atoms with Crippen molar-refractivity contribution in [2.45, 2.75) is 19.9 Å². The number of nitrogens with zero attached hydrogens (tertiary/aromatic N) is 1. The first-order chi connectivity index (χ1) is 11.5. The molecule has 1 atom stereocenters. The number of rotatable bonds is 5. The van der Waals surface area contributed by atoms with Crippen molar-refractivity contribution in [3.63, 3.8) is 0 Å². The number of nitrogens with one attached hydrogen (secondary N) is 1. The van der Waals surface area contributed by atoms with Gasteiger partial charge in [0.15, 0.2) is 11.5 Å². The first kappa shape index (κ1) is 16.3. The summed E-state index contributed by atoms with van der Waals surface area (Å²) < 4.78 is 10.6. The fourth-order valence-electron chi connectivity index (χ4n) is 2.27. The summed E-state index contributed by atoms with van der Waals surface area (Å²) in [5.41, 5.74) is 1.00. The summed E-state index contributed by atoms with van der Waals surface area (Å²) in [6.45, 7) is 3.66. The van der Waals surface area contributed by atoms with E-state index in [9.17, 15) is 9.59 Å². The number of amides is 1. The van der Waals surface area contributed by atoms with Crippen molar-refractivity contribution in [3.8, 4) is 22.1 Å². The number of hydrogen-bond acceptors (Lipinski definition) is 6. The Morgan fingerprint density at radius 1 is 1.29 bits per heavy atom. The highest BCUT2D eigenvalue weighted by Crippen LogP contribution is 2.36. The predicted octanol–water partition coefficient (Wildman–Crippen LogP) is 2.38. The molecule has 1 aliphatic heterocycles. The van der Waals surface area contributed by atoms with Gasteiger partial charge in [0.2, 0.25) is 6.79 Å². The molecule has 3 rings (SSSR count). The first-order valence-electron chi connectivity index (χ1n) is 7.35. The molecule has 8 heteroatoms. The van der Waals surface area contributed by atoms with Gasteiger partial charge in [0, 0.05) is 10.9 Å². The molecule has 2 N–H and O–H groups in total. The molecule has 126 valence electrons. The second-order valence-corrected chi connectivity index (χ2v) is 6.50. The van der Waals surface area contributed by atoms with E-state index in [1.807, 2.05) is 6.07 Å². The van der Waals surface area contributed by atoms with Crippen LogP contribution in [0.4, 0.5) is 0 Å². The van der Waals surface area contributed by atoms with Crippen molar-refractivity contribution in [1.29, 1.82) is 0 Å². The van der Waals surface area contributed by atoms with Crippen molar-refractivity contribution in [2.75, 3.05) is 6.79 Å². The third-order valence-corrected chi connectivity index (χ3v) is 4.47. The standard InChI is InChI=1S/C16H16N2O5S/c1-8(2)13(16(20)21)18-14(19)10-6-24-15(17-10)9-3-4-11-12(5-9)23-7-22-11/h3-6,8,13H,7H2,1-2H3,(H,18,19)(H,20,21)/t13-/m0/s1. The minimum atomic E-state index is -1.07. The number of carbonyl (C=O) groups is 2. The van der Waals surface area contributed by atoms with Crippen LogP contribution in [0.25, 0.3) is 10.6 Å². The molecule has 0 aliphatic carbocycles. The Bertz CT molecular complexity index is 787. The van der Waals surface area contributed by atoms with E-state index in [2.05, 4.69) is 10.3 Å². The molecule has 0 bridgehead atoms. The molecule has 0 saturated heterocycles. The molecule has 7 nitrogen and oxygen atoms in total. The molecular weight excluding hydrogens is 332 g/mol. The number of hydrogen-bond donors (Lipinski definition) is 2. The lowest BCUT2D eigenvalue weighted by Gasteiger charge is -2.16. The van der Waals surface area contributed by atoms with Gasteiger partial charge in [-0.25, -0.2) is 9.78 Å². The van der Waals surface area contributed by atoms with Gasteiger partial charge in [0.25, 0.3) is 5.91 Å². The minimum Gasteiger partial charge on any atom is -0.480 e. The maximum Gasteiger partial charge on any atom is 0.326 e. The van der Waals surface area contributed by atoms with E-state index in [4.69, 9.17) is 14.6 Å². The number of aromatic nitrogens is 1. The zero-order valence-corrected chi connectivity index (χ0v) is 13.9. The average molecular weight is 348 g/mol. The van der Waals surface area contributed by atoms with Gasteiger partial charge in [-0.2, -0.15) is 0 Å². The second kappa shape index (κ2) is 6.48. The van der Waals surface area contributed by atoms with E-state index in [1.165, 1.54) is 11.3 Å². The van der Waals surface area contributed by atoms with E-state index in [-0.39, 0.29) is 18.4 Å². The predicted molar refractivity (Wildman–Crippen MR) is 87.4 cm³/mol. The Hall–Kier alpha value is -2.61. The fraction of sp³-hybridized carbons (Fsp3) is 0.312. The summed E-state index contributed by atoms with van der Waals surface area (Å²) in [4.78, 5) is 27.7. The molecule has 0 unspecified atom stereocenters. The fourth-order valence-corrected chi connectivity index (χ4v) is 3.07. The van der Waals surface area contributed by atoms with Crippen molar-refractivity contribution >= 4 is 23.2 Å². The molecule has 1 aromatic heterocycles. The topological polar surface area (TPSA) is 97.8 Å². The van der Waals surface area contributed by atoms with E-state index in [0.717, 1.165) is 5.56 Å². The summed E-state index contributed by atoms with van der Waals surface area (Å²) >= 11 is 1.30. The zero-order valence-electron chi connectivity index (χ0n) is 13.1. The highest BCUT2D eigenvalue weighted by molar-refractivity contribution is 7.13. The summed E-state index contributed by atoms with van der Waals surface area (Å²) in [7, 11) is 0. The lowest BCUT2D eigenvalue weighted by atomic mass is 10.0. The molecule has 0 saturated carbocycles. The summed E-state index contributed by atoms with van der Waals surface area (Å²) in [5.74, 6) is -0.476. The van der Waals surface area contributed by atoms with E-state index < -0.39 is 17.9 Å². The largest absolute Gasteiger partial charge is 0.480 e. The van der Waals surface area contributed by atoms with Crippen LogP contribution in [0.2, 0.25) is 0 Å². The molecule has 24 heavy (non-hydrogen) atoms. The zero-order chi connectivity index (χ0) is 17.3. The summed E-state index contributed by atoms with van der Waals surface area (Å²) in [6, 6.07) is 4.48. The van der Waals surface area contributed by atoms with Crippen LogP contribution in [0.1, 0.15) is 24.3 Å². The molecule has 0 spiro atoms. The van der Waals surface area contributed by atoms with Crippen LogP contribution >= 0.6 is 11.3 Å². The van der Waals surface area contributed by atoms with Gasteiger partial charge in [-0.1, -0.05) is 13.8 Å². The van der Waals surface area contributed by atoms with Crippen molar-refractivity contribution in [3.05, 3.63) is 29.3 Å². The molecule has 1 aromatic carbocycles. The van der Waals surface area contributed by atoms with Crippen molar-refractivity contribution < 1.29 is 24.2 Å². The number of fused-ring (bicyclic) bond motifs is 1. The quantitative estimate of drug-likeness (QED) is 0.861. The monoisotopic (exact) mass is 348 g/mol. The van der Waals surface area contributed by atoms with Crippen LogP contribution < -0.4 is 14.8 Å². The van der Waals surface area contributed by atoms with Crippen LogP contribution in [0.5, 0.6) is 11.5 Å². The lowest BCUT2D eigenvalue weighted by Crippen LogP contribution is -2.44. The van der Waals surface area contributed by atoms with Crippen LogP contribution in [-0.4, -0.2) is 34.8 Å². The number of carboxylic acid groups (broad SMARTS) is 1. The van der Waals surface area contributed by atoms with Gasteiger partial charge in [-0.15, -0.1) is 11.3 Å². The molecular formula is C16H16N2O5S. The minimum absolute atomic E-state index is 0.191. The smallest absolute Gasteiger partial charge is 0.326 e. The SMILES string of the molecule is CC(C)[C@H](NC(=O)c1csc(-c2ccc3c(c2)OCO3)n1)C(=O)O. The maximum absolute atomic E-state index is 12.2. The number of carboxylic acids is 1. The maximum atomic E-state index is 12.2. The van der Waals surface area contributed by atoms with E-state index >= 15 is 0 Å². The third-order valence-electron chi connectivity index (χ3n) is 3.58. The number of carbonyl (C=O) groups excluding carboxylic acids is 1. The van der Waals surface area contributed by atoms with E-state index in [1.54, 1.807) is 31.4 Å². The van der Waals surface area contributed by atoms with Crippen LogP contribution in [-0.2, 0) is 4.79 Å². The van der Waals surface area contributed by atoms with Gasteiger partial charge >= 0.3 is 5.97 Å². The van der Waals surface area contributed by atoms with Crippen LogP contribution in [0, 0.1) is 5.92 Å².